The summed E-state index contributed by atoms with van der Waals surface area (Å²) < 4.78 is 7.85. The van der Waals surface area contributed by atoms with E-state index >= 15 is 0 Å². The van der Waals surface area contributed by atoms with Gasteiger partial charge in [0, 0.05) is 24.0 Å². The fourth-order valence-electron chi connectivity index (χ4n) is 2.96. The van der Waals surface area contributed by atoms with Gasteiger partial charge in [0.05, 0.1) is 12.3 Å². The molecule has 1 amide bonds. The van der Waals surface area contributed by atoms with Crippen LogP contribution in [0, 0.1) is 0 Å². The SMILES string of the molecule is CCOc1ccccc1-n1ccn(CC(=O)NCCc2ccc(Cl)cc2)c(=O)c1=O. The largest absolute Gasteiger partial charge is 0.492 e. The lowest BCUT2D eigenvalue weighted by molar-refractivity contribution is -0.121. The first-order chi connectivity index (χ1) is 14.5. The maximum absolute atomic E-state index is 12.6. The molecule has 1 heterocycles. The molecule has 1 aromatic heterocycles. The van der Waals surface area contributed by atoms with Gasteiger partial charge in [0.15, 0.2) is 0 Å². The third-order valence-electron chi connectivity index (χ3n) is 4.45. The van der Waals surface area contributed by atoms with Crippen molar-refractivity contribution >= 4 is 17.5 Å². The molecule has 0 fully saturated rings. The second-order valence-corrected chi connectivity index (χ2v) is 6.97. The zero-order chi connectivity index (χ0) is 21.5. The average Bonchev–Trinajstić information content (AvgIpc) is 2.74. The number of aromatic nitrogens is 2. The summed E-state index contributed by atoms with van der Waals surface area (Å²) in [5.74, 6) is 0.150. The van der Waals surface area contributed by atoms with Gasteiger partial charge in [-0.15, -0.1) is 0 Å². The molecule has 3 rings (SSSR count). The van der Waals surface area contributed by atoms with E-state index in [9.17, 15) is 14.4 Å². The van der Waals surface area contributed by atoms with E-state index in [0.717, 1.165) is 10.1 Å². The Morgan fingerprint density at radius 3 is 2.50 bits per heavy atom. The predicted molar refractivity (Wildman–Crippen MR) is 116 cm³/mol. The number of hydrogen-bond donors (Lipinski definition) is 1. The molecule has 0 aliphatic carbocycles. The van der Waals surface area contributed by atoms with E-state index in [4.69, 9.17) is 16.3 Å². The molecule has 1 N–H and O–H groups in total. The van der Waals surface area contributed by atoms with Gasteiger partial charge in [-0.25, -0.2) is 0 Å². The standard InChI is InChI=1S/C22H22ClN3O4/c1-2-30-19-6-4-3-5-18(19)26-14-13-25(21(28)22(26)29)15-20(27)24-12-11-16-7-9-17(23)10-8-16/h3-10,13-14H,2,11-12,15H2,1H3,(H,24,27). The monoisotopic (exact) mass is 427 g/mol. The van der Waals surface area contributed by atoms with Crippen LogP contribution in [0.3, 0.4) is 0 Å². The van der Waals surface area contributed by atoms with Crippen molar-refractivity contribution in [3.63, 3.8) is 0 Å². The van der Waals surface area contributed by atoms with E-state index in [1.54, 1.807) is 36.4 Å². The summed E-state index contributed by atoms with van der Waals surface area (Å²) in [4.78, 5) is 37.3. The minimum absolute atomic E-state index is 0.233. The number of nitrogens with one attached hydrogen (secondary N) is 1. The van der Waals surface area contributed by atoms with E-state index in [1.165, 1.54) is 17.0 Å². The molecule has 156 valence electrons. The first-order valence-corrected chi connectivity index (χ1v) is 9.93. The lowest BCUT2D eigenvalue weighted by Crippen LogP contribution is -2.42. The highest BCUT2D eigenvalue weighted by Crippen LogP contribution is 2.20. The number of nitrogens with zero attached hydrogens (tertiary/aromatic N) is 2. The molecule has 0 atom stereocenters. The van der Waals surface area contributed by atoms with Crippen molar-refractivity contribution in [3.8, 4) is 11.4 Å². The third-order valence-corrected chi connectivity index (χ3v) is 4.70. The van der Waals surface area contributed by atoms with Crippen LogP contribution in [0.2, 0.25) is 5.02 Å². The van der Waals surface area contributed by atoms with Crippen LogP contribution < -0.4 is 21.2 Å². The van der Waals surface area contributed by atoms with Crippen molar-refractivity contribution < 1.29 is 9.53 Å². The van der Waals surface area contributed by atoms with Crippen molar-refractivity contribution in [1.29, 1.82) is 0 Å². The number of amides is 1. The van der Waals surface area contributed by atoms with E-state index in [2.05, 4.69) is 5.32 Å². The summed E-state index contributed by atoms with van der Waals surface area (Å²) in [5, 5.41) is 3.41. The van der Waals surface area contributed by atoms with Crippen LogP contribution >= 0.6 is 11.6 Å². The van der Waals surface area contributed by atoms with Gasteiger partial charge in [-0.1, -0.05) is 35.9 Å². The Morgan fingerprint density at radius 1 is 1.03 bits per heavy atom. The minimum Gasteiger partial charge on any atom is -0.492 e. The topological polar surface area (TPSA) is 82.3 Å². The molecule has 8 heteroatoms. The summed E-state index contributed by atoms with van der Waals surface area (Å²) in [6, 6.07) is 14.3. The fourth-order valence-corrected chi connectivity index (χ4v) is 3.09. The molecule has 0 spiro atoms. The van der Waals surface area contributed by atoms with E-state index in [0.29, 0.717) is 36.0 Å². The zero-order valence-electron chi connectivity index (χ0n) is 16.5. The molecule has 7 nitrogen and oxygen atoms in total. The number of carbonyl (C=O) groups is 1. The molecule has 0 bridgehead atoms. The summed E-state index contributed by atoms with van der Waals surface area (Å²) >= 11 is 5.85. The normalized spacial score (nSPS) is 10.6. The molecule has 30 heavy (non-hydrogen) atoms. The number of rotatable bonds is 8. The summed E-state index contributed by atoms with van der Waals surface area (Å²) in [6.45, 7) is 2.44. The van der Waals surface area contributed by atoms with Gasteiger partial charge in [0.25, 0.3) is 0 Å². The van der Waals surface area contributed by atoms with Crippen molar-refractivity contribution in [3.05, 3.63) is 92.2 Å². The van der Waals surface area contributed by atoms with Crippen LogP contribution in [0.15, 0.2) is 70.5 Å². The summed E-state index contributed by atoms with van der Waals surface area (Å²) in [5.41, 5.74) is -0.0243. The van der Waals surface area contributed by atoms with Crippen molar-refractivity contribution in [2.75, 3.05) is 13.2 Å². The molecule has 0 radical (unpaired) electrons. The molecular weight excluding hydrogens is 406 g/mol. The fraction of sp³-hybridized carbons (Fsp3) is 0.227. The molecule has 0 saturated heterocycles. The maximum atomic E-state index is 12.6. The highest BCUT2D eigenvalue weighted by atomic mass is 35.5. The van der Waals surface area contributed by atoms with Crippen LogP contribution in [0.25, 0.3) is 5.69 Å². The molecule has 0 aliphatic heterocycles. The van der Waals surface area contributed by atoms with E-state index < -0.39 is 11.1 Å². The van der Waals surface area contributed by atoms with Gasteiger partial charge in [-0.2, -0.15) is 0 Å². The zero-order valence-corrected chi connectivity index (χ0v) is 17.3. The number of benzene rings is 2. The molecule has 2 aromatic carbocycles. The number of halogens is 1. The molecule has 0 aliphatic rings. The van der Waals surface area contributed by atoms with Gasteiger partial charge >= 0.3 is 11.1 Å². The Morgan fingerprint density at radius 2 is 1.77 bits per heavy atom. The van der Waals surface area contributed by atoms with Gasteiger partial charge in [-0.3, -0.25) is 23.5 Å². The Labute approximate surface area is 178 Å². The molecule has 0 saturated carbocycles. The van der Waals surface area contributed by atoms with Crippen molar-refractivity contribution in [2.24, 2.45) is 0 Å². The van der Waals surface area contributed by atoms with E-state index in [1.807, 2.05) is 19.1 Å². The first-order valence-electron chi connectivity index (χ1n) is 9.55. The average molecular weight is 428 g/mol. The Bertz CT molecular complexity index is 1140. The first kappa shape index (κ1) is 21.4. The minimum atomic E-state index is -0.781. The van der Waals surface area contributed by atoms with Gasteiger partial charge < -0.3 is 10.1 Å². The highest BCUT2D eigenvalue weighted by molar-refractivity contribution is 6.30. The number of para-hydroxylation sites is 2. The Balaban J connectivity index is 1.68. The summed E-state index contributed by atoms with van der Waals surface area (Å²) in [6.07, 6.45) is 3.52. The molecule has 0 unspecified atom stereocenters. The Kier molecular flexibility index (Phi) is 7.08. The maximum Gasteiger partial charge on any atom is 0.321 e. The second kappa shape index (κ2) is 9.93. The lowest BCUT2D eigenvalue weighted by atomic mass is 10.1. The van der Waals surface area contributed by atoms with Crippen LogP contribution in [0.4, 0.5) is 0 Å². The lowest BCUT2D eigenvalue weighted by Gasteiger charge is -2.13. The van der Waals surface area contributed by atoms with Crippen LogP contribution in [0.1, 0.15) is 12.5 Å². The number of hydrogen-bond acceptors (Lipinski definition) is 4. The second-order valence-electron chi connectivity index (χ2n) is 6.53. The van der Waals surface area contributed by atoms with Gasteiger partial charge in [-0.05, 0) is 43.2 Å². The quantitative estimate of drug-likeness (QED) is 0.560. The smallest absolute Gasteiger partial charge is 0.321 e. The molecule has 3 aromatic rings. The number of ether oxygens (including phenoxy) is 1. The predicted octanol–water partition coefficient (Wildman–Crippen LogP) is 2.41. The van der Waals surface area contributed by atoms with Crippen molar-refractivity contribution in [2.45, 2.75) is 19.9 Å². The van der Waals surface area contributed by atoms with Gasteiger partial charge in [0.2, 0.25) is 5.91 Å². The summed E-state index contributed by atoms with van der Waals surface area (Å²) in [7, 11) is 0. The van der Waals surface area contributed by atoms with Gasteiger partial charge in [0.1, 0.15) is 12.3 Å². The third kappa shape index (κ3) is 5.18. The highest BCUT2D eigenvalue weighted by Gasteiger charge is 2.12. The molecular formula is C22H22ClN3O4. The number of carbonyl (C=O) groups excluding carboxylic acids is 1. The Hall–Kier alpha value is -3.32. The van der Waals surface area contributed by atoms with Crippen LogP contribution in [-0.4, -0.2) is 28.2 Å². The van der Waals surface area contributed by atoms with Crippen LogP contribution in [-0.2, 0) is 17.8 Å². The van der Waals surface area contributed by atoms with E-state index in [-0.39, 0.29) is 12.5 Å². The van der Waals surface area contributed by atoms with Crippen molar-refractivity contribution in [1.82, 2.24) is 14.5 Å². The van der Waals surface area contributed by atoms with Crippen LogP contribution in [0.5, 0.6) is 5.75 Å².